The van der Waals surface area contributed by atoms with Gasteiger partial charge in [0.1, 0.15) is 0 Å². The maximum Gasteiger partial charge on any atom is 0.167 e. The van der Waals surface area contributed by atoms with E-state index in [-0.39, 0.29) is 0 Å². The average molecular weight is 188 g/mol. The zero-order chi connectivity index (χ0) is 9.97. The second-order valence-corrected chi connectivity index (χ2v) is 3.16. The summed E-state index contributed by atoms with van der Waals surface area (Å²) < 4.78 is 5.19. The quantitative estimate of drug-likeness (QED) is 0.736. The molecule has 1 aromatic carbocycles. The summed E-state index contributed by atoms with van der Waals surface area (Å²) in [7, 11) is 0. The fourth-order valence-corrected chi connectivity index (χ4v) is 1.26. The van der Waals surface area contributed by atoms with Crippen molar-refractivity contribution in [2.75, 3.05) is 5.73 Å². The Morgan fingerprint density at radius 1 is 1.29 bits per heavy atom. The van der Waals surface area contributed by atoms with E-state index in [0.29, 0.717) is 0 Å². The van der Waals surface area contributed by atoms with Crippen LogP contribution in [0.1, 0.15) is 12.6 Å². The van der Waals surface area contributed by atoms with Crippen LogP contribution in [-0.4, -0.2) is 5.16 Å². The molecule has 0 fully saturated rings. The molecule has 0 saturated carbocycles. The smallest absolute Gasteiger partial charge is 0.167 e. The molecule has 2 N–H and O–H groups in total. The van der Waals surface area contributed by atoms with Crippen molar-refractivity contribution in [2.24, 2.45) is 0 Å². The number of nitrogen functional groups attached to an aromatic ring is 1. The Bertz CT molecular complexity index is 417. The number of rotatable bonds is 2. The molecular formula is C11H12N2O. The molecular weight excluding hydrogens is 176 g/mol. The molecule has 3 heteroatoms. The summed E-state index contributed by atoms with van der Waals surface area (Å²) in [4.78, 5) is 0. The summed E-state index contributed by atoms with van der Waals surface area (Å²) >= 11 is 0. The lowest BCUT2D eigenvalue weighted by atomic mass is 10.1. The molecule has 1 aromatic heterocycles. The number of nitrogens with zero attached hydrogens (tertiary/aromatic N) is 1. The highest BCUT2D eigenvalue weighted by Gasteiger charge is 2.04. The first-order valence-electron chi connectivity index (χ1n) is 4.61. The van der Waals surface area contributed by atoms with E-state index in [9.17, 15) is 0 Å². The Hall–Kier alpha value is -1.77. The largest absolute Gasteiger partial charge is 0.399 e. The molecule has 0 saturated heterocycles. The molecule has 2 aromatic rings. The third-order valence-corrected chi connectivity index (χ3v) is 2.12. The SMILES string of the molecule is CCc1cc(-c2ccc(N)cc2)on1. The van der Waals surface area contributed by atoms with Crippen molar-refractivity contribution in [1.82, 2.24) is 5.16 Å². The van der Waals surface area contributed by atoms with Gasteiger partial charge in [0.15, 0.2) is 5.76 Å². The second-order valence-electron chi connectivity index (χ2n) is 3.16. The van der Waals surface area contributed by atoms with Crippen LogP contribution in [0.5, 0.6) is 0 Å². The van der Waals surface area contributed by atoms with E-state index in [0.717, 1.165) is 29.1 Å². The lowest BCUT2D eigenvalue weighted by Gasteiger charge is -1.95. The molecule has 0 unspecified atom stereocenters. The Morgan fingerprint density at radius 2 is 2.00 bits per heavy atom. The van der Waals surface area contributed by atoms with Gasteiger partial charge in [-0.15, -0.1) is 0 Å². The van der Waals surface area contributed by atoms with E-state index in [1.807, 2.05) is 37.3 Å². The van der Waals surface area contributed by atoms with Gasteiger partial charge in [0.2, 0.25) is 0 Å². The molecule has 0 aliphatic heterocycles. The van der Waals surface area contributed by atoms with Crippen LogP contribution >= 0.6 is 0 Å². The zero-order valence-corrected chi connectivity index (χ0v) is 8.03. The van der Waals surface area contributed by atoms with Crippen LogP contribution in [0.3, 0.4) is 0 Å². The zero-order valence-electron chi connectivity index (χ0n) is 8.03. The van der Waals surface area contributed by atoms with Crippen molar-refractivity contribution in [1.29, 1.82) is 0 Å². The van der Waals surface area contributed by atoms with E-state index in [4.69, 9.17) is 10.3 Å². The first-order valence-corrected chi connectivity index (χ1v) is 4.61. The van der Waals surface area contributed by atoms with Crippen molar-refractivity contribution in [2.45, 2.75) is 13.3 Å². The molecule has 0 aliphatic rings. The number of hydrogen-bond acceptors (Lipinski definition) is 3. The molecule has 1 heterocycles. The number of aromatic nitrogens is 1. The molecule has 14 heavy (non-hydrogen) atoms. The standard InChI is InChI=1S/C11H12N2O/c1-2-10-7-11(14-13-10)8-3-5-9(12)6-4-8/h3-7H,2,12H2,1H3. The predicted octanol–water partition coefficient (Wildman–Crippen LogP) is 2.49. The minimum absolute atomic E-state index is 0.754. The summed E-state index contributed by atoms with van der Waals surface area (Å²) in [6, 6.07) is 9.50. The Kier molecular flexibility index (Phi) is 2.23. The summed E-state index contributed by atoms with van der Waals surface area (Å²) in [6.07, 6.45) is 0.887. The normalized spacial score (nSPS) is 10.4. The first-order chi connectivity index (χ1) is 6.79. The molecule has 0 radical (unpaired) electrons. The van der Waals surface area contributed by atoms with Crippen LogP contribution in [0.25, 0.3) is 11.3 Å². The molecule has 0 amide bonds. The number of benzene rings is 1. The van der Waals surface area contributed by atoms with Crippen LogP contribution in [0.15, 0.2) is 34.9 Å². The lowest BCUT2D eigenvalue weighted by molar-refractivity contribution is 0.424. The highest BCUT2D eigenvalue weighted by atomic mass is 16.5. The molecule has 0 aliphatic carbocycles. The summed E-state index contributed by atoms with van der Waals surface area (Å²) in [5.41, 5.74) is 8.32. The van der Waals surface area contributed by atoms with Crippen LogP contribution < -0.4 is 5.73 Å². The van der Waals surface area contributed by atoms with E-state index >= 15 is 0 Å². The summed E-state index contributed by atoms with van der Waals surface area (Å²) in [5, 5.41) is 3.93. The van der Waals surface area contributed by atoms with Crippen LogP contribution in [0.4, 0.5) is 5.69 Å². The van der Waals surface area contributed by atoms with Crippen molar-refractivity contribution in [3.63, 3.8) is 0 Å². The van der Waals surface area contributed by atoms with Crippen molar-refractivity contribution in [3.05, 3.63) is 36.0 Å². The number of anilines is 1. The van der Waals surface area contributed by atoms with Crippen molar-refractivity contribution < 1.29 is 4.52 Å². The third-order valence-electron chi connectivity index (χ3n) is 2.12. The molecule has 3 nitrogen and oxygen atoms in total. The number of aryl methyl sites for hydroxylation is 1. The Morgan fingerprint density at radius 3 is 2.57 bits per heavy atom. The summed E-state index contributed by atoms with van der Waals surface area (Å²) in [6.45, 7) is 2.05. The van der Waals surface area contributed by atoms with Gasteiger partial charge in [-0.3, -0.25) is 0 Å². The van der Waals surface area contributed by atoms with Crippen LogP contribution in [0, 0.1) is 0 Å². The number of nitrogens with two attached hydrogens (primary N) is 1. The first kappa shape index (κ1) is 8.81. The maximum atomic E-state index is 5.59. The minimum atomic E-state index is 0.754. The van der Waals surface area contributed by atoms with Crippen molar-refractivity contribution >= 4 is 5.69 Å². The van der Waals surface area contributed by atoms with Crippen LogP contribution in [0.2, 0.25) is 0 Å². The Balaban J connectivity index is 2.34. The fraction of sp³-hybridized carbons (Fsp3) is 0.182. The van der Waals surface area contributed by atoms with E-state index < -0.39 is 0 Å². The maximum absolute atomic E-state index is 5.59. The minimum Gasteiger partial charge on any atom is -0.399 e. The van der Waals surface area contributed by atoms with Gasteiger partial charge in [-0.2, -0.15) is 0 Å². The van der Waals surface area contributed by atoms with Gasteiger partial charge in [-0.05, 0) is 30.7 Å². The topological polar surface area (TPSA) is 52.0 Å². The van der Waals surface area contributed by atoms with Gasteiger partial charge in [0.05, 0.1) is 5.69 Å². The van der Waals surface area contributed by atoms with Gasteiger partial charge >= 0.3 is 0 Å². The number of hydrogen-bond donors (Lipinski definition) is 1. The van der Waals surface area contributed by atoms with Gasteiger partial charge in [0, 0.05) is 17.3 Å². The van der Waals surface area contributed by atoms with Gasteiger partial charge in [-0.25, -0.2) is 0 Å². The third kappa shape index (κ3) is 1.62. The van der Waals surface area contributed by atoms with Crippen molar-refractivity contribution in [3.8, 4) is 11.3 Å². The highest BCUT2D eigenvalue weighted by molar-refractivity contribution is 5.60. The fourth-order valence-electron chi connectivity index (χ4n) is 1.26. The Labute approximate surface area is 82.5 Å². The molecule has 0 atom stereocenters. The molecule has 0 bridgehead atoms. The molecule has 2 rings (SSSR count). The lowest BCUT2D eigenvalue weighted by Crippen LogP contribution is -1.82. The predicted molar refractivity (Wildman–Crippen MR) is 55.7 cm³/mol. The molecule has 72 valence electrons. The van der Waals surface area contributed by atoms with E-state index in [1.165, 1.54) is 0 Å². The van der Waals surface area contributed by atoms with Gasteiger partial charge in [-0.1, -0.05) is 12.1 Å². The van der Waals surface area contributed by atoms with Gasteiger partial charge in [0.25, 0.3) is 0 Å². The average Bonchev–Trinajstić information content (AvgIpc) is 2.67. The highest BCUT2D eigenvalue weighted by Crippen LogP contribution is 2.21. The second kappa shape index (κ2) is 3.54. The van der Waals surface area contributed by atoms with Crippen LogP contribution in [-0.2, 0) is 6.42 Å². The summed E-state index contributed by atoms with van der Waals surface area (Å²) in [5.74, 6) is 0.793. The van der Waals surface area contributed by atoms with E-state index in [2.05, 4.69) is 5.16 Å². The molecule has 0 spiro atoms. The monoisotopic (exact) mass is 188 g/mol. The van der Waals surface area contributed by atoms with E-state index in [1.54, 1.807) is 0 Å². The van der Waals surface area contributed by atoms with Gasteiger partial charge < -0.3 is 10.3 Å².